The molecule has 2 rings (SSSR count). The van der Waals surface area contributed by atoms with Gasteiger partial charge in [0.05, 0.1) is 6.07 Å². The summed E-state index contributed by atoms with van der Waals surface area (Å²) in [5.74, 6) is -1.24. The summed E-state index contributed by atoms with van der Waals surface area (Å²) in [7, 11) is 0. The van der Waals surface area contributed by atoms with Crippen molar-refractivity contribution in [3.8, 4) is 0 Å². The molecule has 1 aromatic carbocycles. The van der Waals surface area contributed by atoms with Crippen LogP contribution in [0.5, 0.6) is 0 Å². The molecular formula is C11H12F2N. The molecule has 1 radical (unpaired) electrons. The first-order valence-corrected chi connectivity index (χ1v) is 4.87. The number of hydrogen-bond donors (Lipinski definition) is 1. The number of rotatable bonds is 1. The number of halogens is 2. The van der Waals surface area contributed by atoms with Crippen LogP contribution in [0, 0.1) is 17.7 Å². The first-order chi connectivity index (χ1) is 6.75. The minimum Gasteiger partial charge on any atom is -0.310 e. The molecule has 1 unspecified atom stereocenters. The number of nitrogens with one attached hydrogen (secondary N) is 1. The van der Waals surface area contributed by atoms with Crippen molar-refractivity contribution >= 4 is 0 Å². The third-order valence-electron chi connectivity index (χ3n) is 2.54. The van der Waals surface area contributed by atoms with E-state index in [4.69, 9.17) is 0 Å². The molecule has 1 aliphatic rings. The highest BCUT2D eigenvalue weighted by atomic mass is 19.1. The van der Waals surface area contributed by atoms with Gasteiger partial charge in [-0.1, -0.05) is 6.42 Å². The fourth-order valence-corrected chi connectivity index (χ4v) is 1.86. The summed E-state index contributed by atoms with van der Waals surface area (Å²) < 4.78 is 25.7. The summed E-state index contributed by atoms with van der Waals surface area (Å²) in [6.45, 7) is 0.923. The average molecular weight is 196 g/mol. The second-order valence-electron chi connectivity index (χ2n) is 3.61. The molecule has 1 aliphatic heterocycles. The summed E-state index contributed by atoms with van der Waals surface area (Å²) in [5.41, 5.74) is 0.693. The first kappa shape index (κ1) is 9.59. The summed E-state index contributed by atoms with van der Waals surface area (Å²) in [6.07, 6.45) is 3.20. The van der Waals surface area contributed by atoms with E-state index in [1.54, 1.807) is 0 Å². The summed E-state index contributed by atoms with van der Waals surface area (Å²) >= 11 is 0. The highest BCUT2D eigenvalue weighted by Crippen LogP contribution is 2.23. The van der Waals surface area contributed by atoms with Crippen LogP contribution < -0.4 is 5.32 Å². The zero-order valence-electron chi connectivity index (χ0n) is 7.82. The maximum atomic E-state index is 12.9. The van der Waals surface area contributed by atoms with E-state index in [1.165, 1.54) is 12.1 Å². The van der Waals surface area contributed by atoms with Crippen LogP contribution in [0.1, 0.15) is 30.9 Å². The SMILES string of the molecule is Fc1[c]c(F)cc(C2CCCCN2)c1. The van der Waals surface area contributed by atoms with Gasteiger partial charge in [-0.25, -0.2) is 8.78 Å². The lowest BCUT2D eigenvalue weighted by Gasteiger charge is -2.23. The van der Waals surface area contributed by atoms with E-state index in [0.29, 0.717) is 5.56 Å². The van der Waals surface area contributed by atoms with E-state index in [9.17, 15) is 8.78 Å². The normalized spacial score (nSPS) is 22.3. The molecule has 1 N–H and O–H groups in total. The smallest absolute Gasteiger partial charge is 0.134 e. The van der Waals surface area contributed by atoms with Crippen LogP contribution in [-0.4, -0.2) is 6.54 Å². The second kappa shape index (κ2) is 4.05. The lowest BCUT2D eigenvalue weighted by atomic mass is 9.97. The molecule has 1 aromatic rings. The van der Waals surface area contributed by atoms with Crippen LogP contribution in [-0.2, 0) is 0 Å². The molecule has 0 aliphatic carbocycles. The number of hydrogen-bond acceptors (Lipinski definition) is 1. The van der Waals surface area contributed by atoms with E-state index >= 15 is 0 Å². The molecule has 0 bridgehead atoms. The van der Waals surface area contributed by atoms with Crippen molar-refractivity contribution in [2.45, 2.75) is 25.3 Å². The quantitative estimate of drug-likeness (QED) is 0.728. The van der Waals surface area contributed by atoms with Crippen LogP contribution in [0.2, 0.25) is 0 Å². The maximum absolute atomic E-state index is 12.9. The van der Waals surface area contributed by atoms with Crippen LogP contribution in [0.15, 0.2) is 12.1 Å². The van der Waals surface area contributed by atoms with Gasteiger partial charge in [0.1, 0.15) is 11.6 Å². The van der Waals surface area contributed by atoms with Crippen LogP contribution in [0.4, 0.5) is 8.78 Å². The molecule has 0 spiro atoms. The Bertz CT molecular complexity index is 299. The molecule has 1 fully saturated rings. The molecule has 0 amide bonds. The third kappa shape index (κ3) is 2.10. The molecule has 1 atom stereocenters. The Kier molecular flexibility index (Phi) is 2.77. The van der Waals surface area contributed by atoms with Gasteiger partial charge >= 0.3 is 0 Å². The zero-order valence-corrected chi connectivity index (χ0v) is 7.82. The minimum atomic E-state index is -0.618. The fraction of sp³-hybridized carbons (Fsp3) is 0.455. The predicted molar refractivity (Wildman–Crippen MR) is 49.8 cm³/mol. The van der Waals surface area contributed by atoms with Crippen LogP contribution in [0.3, 0.4) is 0 Å². The van der Waals surface area contributed by atoms with E-state index in [0.717, 1.165) is 25.8 Å². The lowest BCUT2D eigenvalue weighted by Crippen LogP contribution is -2.26. The second-order valence-corrected chi connectivity index (χ2v) is 3.61. The predicted octanol–water partition coefficient (Wildman–Crippen LogP) is 2.58. The Morgan fingerprint density at radius 1 is 1.21 bits per heavy atom. The largest absolute Gasteiger partial charge is 0.310 e. The summed E-state index contributed by atoms with van der Waals surface area (Å²) in [5, 5.41) is 3.24. The van der Waals surface area contributed by atoms with Gasteiger partial charge in [-0.2, -0.15) is 0 Å². The van der Waals surface area contributed by atoms with Crippen molar-refractivity contribution in [2.24, 2.45) is 0 Å². The highest BCUT2D eigenvalue weighted by molar-refractivity contribution is 5.21. The topological polar surface area (TPSA) is 12.0 Å². The van der Waals surface area contributed by atoms with Crippen molar-refractivity contribution < 1.29 is 8.78 Å². The molecule has 1 saturated heterocycles. The van der Waals surface area contributed by atoms with Gasteiger partial charge in [0, 0.05) is 6.04 Å². The van der Waals surface area contributed by atoms with Gasteiger partial charge in [-0.3, -0.25) is 0 Å². The number of benzene rings is 1. The zero-order chi connectivity index (χ0) is 9.97. The Balaban J connectivity index is 2.21. The van der Waals surface area contributed by atoms with Gasteiger partial charge in [-0.15, -0.1) is 0 Å². The summed E-state index contributed by atoms with van der Waals surface area (Å²) in [4.78, 5) is 0. The van der Waals surface area contributed by atoms with Gasteiger partial charge in [0.2, 0.25) is 0 Å². The Hall–Kier alpha value is -0.960. The van der Waals surface area contributed by atoms with Crippen molar-refractivity contribution in [1.29, 1.82) is 0 Å². The standard InChI is InChI=1S/C11H12F2N/c12-9-5-8(6-10(13)7-9)11-3-1-2-4-14-11/h5-6,11,14H,1-4H2. The molecule has 14 heavy (non-hydrogen) atoms. The maximum Gasteiger partial charge on any atom is 0.134 e. The summed E-state index contributed by atoms with van der Waals surface area (Å²) in [6, 6.07) is 4.79. The molecule has 1 nitrogen and oxygen atoms in total. The third-order valence-corrected chi connectivity index (χ3v) is 2.54. The van der Waals surface area contributed by atoms with Crippen molar-refractivity contribution in [1.82, 2.24) is 5.32 Å². The fourth-order valence-electron chi connectivity index (χ4n) is 1.86. The monoisotopic (exact) mass is 196 g/mol. The number of piperidine rings is 1. The van der Waals surface area contributed by atoms with E-state index in [2.05, 4.69) is 5.32 Å². The van der Waals surface area contributed by atoms with E-state index < -0.39 is 11.6 Å². The van der Waals surface area contributed by atoms with Gasteiger partial charge in [0.15, 0.2) is 0 Å². The Morgan fingerprint density at radius 3 is 2.50 bits per heavy atom. The van der Waals surface area contributed by atoms with E-state index in [1.807, 2.05) is 6.07 Å². The molecule has 75 valence electrons. The van der Waals surface area contributed by atoms with Crippen molar-refractivity contribution in [3.63, 3.8) is 0 Å². The van der Waals surface area contributed by atoms with E-state index in [-0.39, 0.29) is 6.04 Å². The minimum absolute atomic E-state index is 0.0994. The van der Waals surface area contributed by atoms with Crippen LogP contribution in [0.25, 0.3) is 0 Å². The molecule has 0 saturated carbocycles. The van der Waals surface area contributed by atoms with Crippen molar-refractivity contribution in [2.75, 3.05) is 6.54 Å². The molecular weight excluding hydrogens is 184 g/mol. The van der Waals surface area contributed by atoms with Gasteiger partial charge < -0.3 is 5.32 Å². The molecule has 3 heteroatoms. The Morgan fingerprint density at radius 2 is 1.93 bits per heavy atom. The lowest BCUT2D eigenvalue weighted by molar-refractivity contribution is 0.409. The first-order valence-electron chi connectivity index (χ1n) is 4.87. The van der Waals surface area contributed by atoms with Crippen LogP contribution >= 0.6 is 0 Å². The average Bonchev–Trinajstić information content (AvgIpc) is 2.18. The molecule has 0 aromatic heterocycles. The Labute approximate surface area is 82.1 Å². The van der Waals surface area contributed by atoms with Gasteiger partial charge in [-0.05, 0) is 37.1 Å². The van der Waals surface area contributed by atoms with Crippen molar-refractivity contribution in [3.05, 3.63) is 35.4 Å². The van der Waals surface area contributed by atoms with Gasteiger partial charge in [0.25, 0.3) is 0 Å². The highest BCUT2D eigenvalue weighted by Gasteiger charge is 2.15. The molecule has 1 heterocycles.